The summed E-state index contributed by atoms with van der Waals surface area (Å²) in [6.45, 7) is 5.69. The molecule has 0 aromatic heterocycles. The number of hydrogen-bond donors (Lipinski definition) is 2. The van der Waals surface area contributed by atoms with Crippen molar-refractivity contribution in [2.75, 3.05) is 43.2 Å². The molecule has 0 amide bonds. The summed E-state index contributed by atoms with van der Waals surface area (Å²) in [4.78, 5) is 2.09. The summed E-state index contributed by atoms with van der Waals surface area (Å²) in [5, 5.41) is 3.21. The standard InChI is InChI=1S/C13H20FN3O2S/c1-11-2-3-12(14)13(10-11)16-20(18,19)9-8-17-6-4-15-5-7-17/h2-3,10,15-16H,4-9H2,1H3. The summed E-state index contributed by atoms with van der Waals surface area (Å²) in [5.74, 6) is -0.582. The zero-order valence-corrected chi connectivity index (χ0v) is 12.3. The van der Waals surface area contributed by atoms with E-state index in [2.05, 4.69) is 14.9 Å². The molecule has 1 saturated heterocycles. The molecule has 0 atom stereocenters. The molecule has 0 unspecified atom stereocenters. The predicted octanol–water partition coefficient (Wildman–Crippen LogP) is 0.781. The van der Waals surface area contributed by atoms with Gasteiger partial charge in [-0.15, -0.1) is 0 Å². The van der Waals surface area contributed by atoms with Crippen LogP contribution < -0.4 is 10.0 Å². The quantitative estimate of drug-likeness (QED) is 0.844. The first-order valence-corrected chi connectivity index (χ1v) is 8.31. The zero-order valence-electron chi connectivity index (χ0n) is 11.5. The van der Waals surface area contributed by atoms with Crippen molar-refractivity contribution in [1.82, 2.24) is 10.2 Å². The highest BCUT2D eigenvalue weighted by Crippen LogP contribution is 2.17. The van der Waals surface area contributed by atoms with E-state index in [1.807, 2.05) is 0 Å². The average molecular weight is 301 g/mol. The second-order valence-corrected chi connectivity index (χ2v) is 6.84. The van der Waals surface area contributed by atoms with Gasteiger partial charge in [0.2, 0.25) is 10.0 Å². The third-order valence-corrected chi connectivity index (χ3v) is 4.52. The molecule has 1 fully saturated rings. The largest absolute Gasteiger partial charge is 0.314 e. The van der Waals surface area contributed by atoms with Gasteiger partial charge < -0.3 is 5.32 Å². The Kier molecular flexibility index (Phi) is 4.95. The molecule has 1 aromatic rings. The van der Waals surface area contributed by atoms with Crippen LogP contribution in [0.2, 0.25) is 0 Å². The highest BCUT2D eigenvalue weighted by molar-refractivity contribution is 7.92. The van der Waals surface area contributed by atoms with Crippen molar-refractivity contribution in [3.05, 3.63) is 29.6 Å². The van der Waals surface area contributed by atoms with Crippen LogP contribution >= 0.6 is 0 Å². The zero-order chi connectivity index (χ0) is 14.6. The number of rotatable bonds is 5. The SMILES string of the molecule is Cc1ccc(F)c(NS(=O)(=O)CCN2CCNCC2)c1. The van der Waals surface area contributed by atoms with E-state index in [1.54, 1.807) is 13.0 Å². The first-order chi connectivity index (χ1) is 9.46. The number of piperazine rings is 1. The highest BCUT2D eigenvalue weighted by atomic mass is 32.2. The Morgan fingerprint density at radius 1 is 1.35 bits per heavy atom. The Balaban J connectivity index is 1.94. The number of anilines is 1. The molecule has 0 bridgehead atoms. The first kappa shape index (κ1) is 15.2. The number of hydrogen-bond acceptors (Lipinski definition) is 4. The fourth-order valence-corrected chi connectivity index (χ4v) is 3.21. The van der Waals surface area contributed by atoms with Crippen molar-refractivity contribution >= 4 is 15.7 Å². The molecule has 5 nitrogen and oxygen atoms in total. The summed E-state index contributed by atoms with van der Waals surface area (Å²) >= 11 is 0. The first-order valence-electron chi connectivity index (χ1n) is 6.66. The average Bonchev–Trinajstić information content (AvgIpc) is 2.42. The van der Waals surface area contributed by atoms with Crippen molar-refractivity contribution in [2.45, 2.75) is 6.92 Å². The molecule has 0 spiro atoms. The lowest BCUT2D eigenvalue weighted by Gasteiger charge is -2.26. The molecule has 0 saturated carbocycles. The van der Waals surface area contributed by atoms with E-state index in [1.165, 1.54) is 12.1 Å². The van der Waals surface area contributed by atoms with Gasteiger partial charge in [0.1, 0.15) is 5.82 Å². The maximum Gasteiger partial charge on any atom is 0.234 e. The van der Waals surface area contributed by atoms with E-state index in [4.69, 9.17) is 0 Å². The van der Waals surface area contributed by atoms with Gasteiger partial charge in [-0.3, -0.25) is 9.62 Å². The Morgan fingerprint density at radius 3 is 2.75 bits per heavy atom. The number of aryl methyl sites for hydroxylation is 1. The van der Waals surface area contributed by atoms with Crippen LogP contribution in [0, 0.1) is 12.7 Å². The van der Waals surface area contributed by atoms with Gasteiger partial charge in [0.25, 0.3) is 0 Å². The van der Waals surface area contributed by atoms with Gasteiger partial charge >= 0.3 is 0 Å². The Hall–Kier alpha value is -1.18. The van der Waals surface area contributed by atoms with Gasteiger partial charge in [-0.2, -0.15) is 0 Å². The maximum absolute atomic E-state index is 13.5. The van der Waals surface area contributed by atoms with Gasteiger partial charge in [-0.1, -0.05) is 6.07 Å². The molecule has 2 rings (SSSR count). The number of nitrogens with one attached hydrogen (secondary N) is 2. The van der Waals surface area contributed by atoms with Crippen LogP contribution in [0.1, 0.15) is 5.56 Å². The van der Waals surface area contributed by atoms with Crippen LogP contribution in [0.4, 0.5) is 10.1 Å². The van der Waals surface area contributed by atoms with Crippen LogP contribution in [-0.2, 0) is 10.0 Å². The van der Waals surface area contributed by atoms with Gasteiger partial charge in [-0.05, 0) is 24.6 Å². The molecule has 0 aliphatic carbocycles. The van der Waals surface area contributed by atoms with E-state index < -0.39 is 15.8 Å². The third-order valence-electron chi connectivity index (χ3n) is 3.27. The van der Waals surface area contributed by atoms with E-state index in [0.717, 1.165) is 31.7 Å². The van der Waals surface area contributed by atoms with Crippen molar-refractivity contribution in [2.24, 2.45) is 0 Å². The van der Waals surface area contributed by atoms with Gasteiger partial charge in [0.15, 0.2) is 0 Å². The number of sulfonamides is 1. The molecule has 20 heavy (non-hydrogen) atoms. The molecular formula is C13H20FN3O2S. The van der Waals surface area contributed by atoms with E-state index >= 15 is 0 Å². The van der Waals surface area contributed by atoms with Gasteiger partial charge in [0, 0.05) is 32.7 Å². The smallest absolute Gasteiger partial charge is 0.234 e. The molecule has 112 valence electrons. The molecular weight excluding hydrogens is 281 g/mol. The van der Waals surface area contributed by atoms with Crippen molar-refractivity contribution in [1.29, 1.82) is 0 Å². The molecule has 2 N–H and O–H groups in total. The summed E-state index contributed by atoms with van der Waals surface area (Å²) in [5.41, 5.74) is 0.830. The van der Waals surface area contributed by atoms with Gasteiger partial charge in [0.05, 0.1) is 11.4 Å². The Labute approximate surface area is 119 Å². The van der Waals surface area contributed by atoms with Crippen molar-refractivity contribution in [3.63, 3.8) is 0 Å². The fraction of sp³-hybridized carbons (Fsp3) is 0.538. The predicted molar refractivity (Wildman–Crippen MR) is 77.9 cm³/mol. The minimum absolute atomic E-state index is 0.0188. The highest BCUT2D eigenvalue weighted by Gasteiger charge is 2.17. The van der Waals surface area contributed by atoms with Crippen molar-refractivity contribution < 1.29 is 12.8 Å². The lowest BCUT2D eigenvalue weighted by Crippen LogP contribution is -2.45. The number of benzene rings is 1. The molecule has 1 aromatic carbocycles. The second kappa shape index (κ2) is 6.51. The molecule has 1 heterocycles. The Bertz CT molecular complexity index is 557. The van der Waals surface area contributed by atoms with E-state index in [0.29, 0.717) is 6.54 Å². The minimum Gasteiger partial charge on any atom is -0.314 e. The monoisotopic (exact) mass is 301 g/mol. The summed E-state index contributed by atoms with van der Waals surface area (Å²) in [6.07, 6.45) is 0. The number of halogens is 1. The normalized spacial score (nSPS) is 17.1. The van der Waals surface area contributed by atoms with E-state index in [-0.39, 0.29) is 11.4 Å². The molecule has 7 heteroatoms. The third kappa shape index (κ3) is 4.43. The van der Waals surface area contributed by atoms with Crippen LogP contribution in [0.5, 0.6) is 0 Å². The molecule has 1 aliphatic heterocycles. The Morgan fingerprint density at radius 2 is 2.05 bits per heavy atom. The van der Waals surface area contributed by atoms with E-state index in [9.17, 15) is 12.8 Å². The van der Waals surface area contributed by atoms with Crippen molar-refractivity contribution in [3.8, 4) is 0 Å². The van der Waals surface area contributed by atoms with Crippen LogP contribution in [0.15, 0.2) is 18.2 Å². The second-order valence-electron chi connectivity index (χ2n) is 5.00. The van der Waals surface area contributed by atoms with Crippen LogP contribution in [-0.4, -0.2) is 51.8 Å². The minimum atomic E-state index is -3.53. The lowest BCUT2D eigenvalue weighted by molar-refractivity contribution is 0.254. The maximum atomic E-state index is 13.5. The van der Waals surface area contributed by atoms with Gasteiger partial charge in [-0.25, -0.2) is 12.8 Å². The topological polar surface area (TPSA) is 61.4 Å². The van der Waals surface area contributed by atoms with Crippen LogP contribution in [0.25, 0.3) is 0 Å². The lowest BCUT2D eigenvalue weighted by atomic mass is 10.2. The number of nitrogens with zero attached hydrogens (tertiary/aromatic N) is 1. The summed E-state index contributed by atoms with van der Waals surface area (Å²) in [7, 11) is -3.53. The molecule has 0 radical (unpaired) electrons. The molecule has 1 aliphatic rings. The van der Waals surface area contributed by atoms with Crippen LogP contribution in [0.3, 0.4) is 0 Å². The fourth-order valence-electron chi connectivity index (χ4n) is 2.12. The summed E-state index contributed by atoms with van der Waals surface area (Å²) < 4.78 is 39.8. The summed E-state index contributed by atoms with van der Waals surface area (Å²) in [6, 6.07) is 4.37.